The summed E-state index contributed by atoms with van der Waals surface area (Å²) in [6, 6.07) is 19.7. The van der Waals surface area contributed by atoms with Crippen LogP contribution in [0.2, 0.25) is 0 Å². The number of benzene rings is 3. The van der Waals surface area contributed by atoms with Crippen LogP contribution in [0.1, 0.15) is 36.3 Å². The van der Waals surface area contributed by atoms with Gasteiger partial charge in [0.2, 0.25) is 0 Å². The van der Waals surface area contributed by atoms with Crippen molar-refractivity contribution in [3.8, 4) is 17.2 Å². The molecule has 2 aliphatic heterocycles. The Kier molecular flexibility index (Phi) is 11.1. The van der Waals surface area contributed by atoms with Crippen LogP contribution in [0.3, 0.4) is 0 Å². The Morgan fingerprint density at radius 1 is 1.02 bits per heavy atom. The molecule has 2 heterocycles. The average molecular weight is 623 g/mol. The number of carbonyl (C=O) groups excluding carboxylic acids is 1. The second-order valence-electron chi connectivity index (χ2n) is 11.0. The van der Waals surface area contributed by atoms with Gasteiger partial charge in [0.05, 0.1) is 38.2 Å². The van der Waals surface area contributed by atoms with Gasteiger partial charge in [-0.2, -0.15) is 0 Å². The Hall–Kier alpha value is -4.35. The average Bonchev–Trinajstić information content (AvgIpc) is 3.05. The fourth-order valence-corrected chi connectivity index (χ4v) is 5.60. The molecule has 2 aliphatic rings. The van der Waals surface area contributed by atoms with Crippen LogP contribution < -0.4 is 19.1 Å². The van der Waals surface area contributed by atoms with Gasteiger partial charge in [-0.3, -0.25) is 4.79 Å². The number of likely N-dealkylation sites (tertiary alicyclic amines) is 1. The van der Waals surface area contributed by atoms with Crippen LogP contribution in [0.4, 0.5) is 14.9 Å². The number of para-hydroxylation sites is 1. The quantitative estimate of drug-likeness (QED) is 0.236. The Balaban J connectivity index is 1.19. The first-order valence-corrected chi connectivity index (χ1v) is 15.2. The van der Waals surface area contributed by atoms with Gasteiger partial charge in [0, 0.05) is 39.1 Å². The van der Waals surface area contributed by atoms with E-state index in [-0.39, 0.29) is 49.3 Å². The number of methoxy groups -OCH3 is 1. The van der Waals surface area contributed by atoms with Crippen molar-refractivity contribution in [3.05, 3.63) is 83.7 Å². The van der Waals surface area contributed by atoms with Crippen molar-refractivity contribution >= 4 is 17.7 Å². The van der Waals surface area contributed by atoms with Crippen LogP contribution in [0.5, 0.6) is 17.2 Å². The van der Waals surface area contributed by atoms with Gasteiger partial charge in [0.15, 0.2) is 18.2 Å². The zero-order valence-electron chi connectivity index (χ0n) is 25.4. The van der Waals surface area contributed by atoms with E-state index in [0.717, 1.165) is 11.1 Å². The largest absolute Gasteiger partial charge is 0.493 e. The van der Waals surface area contributed by atoms with E-state index >= 15 is 0 Å². The Labute approximate surface area is 262 Å². The third-order valence-electron chi connectivity index (χ3n) is 7.95. The van der Waals surface area contributed by atoms with Crippen LogP contribution in [0, 0.1) is 5.82 Å². The molecular formula is C34H39FN2O8. The molecule has 3 aromatic carbocycles. The Bertz CT molecular complexity index is 1440. The number of halogens is 1. The third-order valence-corrected chi connectivity index (χ3v) is 7.95. The van der Waals surface area contributed by atoms with E-state index < -0.39 is 6.09 Å². The molecule has 10 nitrogen and oxygen atoms in total. The fourth-order valence-electron chi connectivity index (χ4n) is 5.60. The van der Waals surface area contributed by atoms with Crippen molar-refractivity contribution in [2.45, 2.75) is 37.9 Å². The highest BCUT2D eigenvalue weighted by atomic mass is 19.1. The van der Waals surface area contributed by atoms with Crippen molar-refractivity contribution in [1.82, 2.24) is 4.90 Å². The Morgan fingerprint density at radius 3 is 2.60 bits per heavy atom. The highest BCUT2D eigenvalue weighted by Crippen LogP contribution is 2.35. The number of nitrogens with zero attached hydrogens (tertiary/aromatic N) is 2. The van der Waals surface area contributed by atoms with Gasteiger partial charge in [-0.25, -0.2) is 9.18 Å². The van der Waals surface area contributed by atoms with E-state index in [4.69, 9.17) is 23.7 Å². The number of amides is 2. The molecule has 1 N–H and O–H groups in total. The smallest absolute Gasteiger partial charge is 0.407 e. The second-order valence-corrected chi connectivity index (χ2v) is 11.0. The first kappa shape index (κ1) is 32.1. The normalized spacial score (nSPS) is 17.9. The van der Waals surface area contributed by atoms with Crippen molar-refractivity contribution in [2.75, 3.05) is 58.1 Å². The number of rotatable bonds is 14. The lowest BCUT2D eigenvalue weighted by Gasteiger charge is -2.37. The van der Waals surface area contributed by atoms with Gasteiger partial charge in [0.25, 0.3) is 5.91 Å². The molecule has 2 amide bonds. The minimum Gasteiger partial charge on any atom is -0.493 e. The molecule has 240 valence electrons. The van der Waals surface area contributed by atoms with Crippen LogP contribution in [-0.2, 0) is 20.9 Å². The van der Waals surface area contributed by atoms with Gasteiger partial charge < -0.3 is 38.6 Å². The number of hydrogen-bond acceptors (Lipinski definition) is 7. The first-order chi connectivity index (χ1) is 21.9. The van der Waals surface area contributed by atoms with Crippen molar-refractivity contribution in [3.63, 3.8) is 0 Å². The summed E-state index contributed by atoms with van der Waals surface area (Å²) in [6.45, 7) is 2.72. The van der Waals surface area contributed by atoms with E-state index in [0.29, 0.717) is 69.4 Å². The number of carbonyl (C=O) groups is 2. The van der Waals surface area contributed by atoms with Crippen molar-refractivity contribution in [1.29, 1.82) is 0 Å². The van der Waals surface area contributed by atoms with E-state index in [1.165, 1.54) is 11.0 Å². The molecule has 0 spiro atoms. The molecule has 45 heavy (non-hydrogen) atoms. The number of fused-ring (bicyclic) bond motifs is 1. The molecule has 0 radical (unpaired) electrons. The molecule has 11 heteroatoms. The highest BCUT2D eigenvalue weighted by molar-refractivity contribution is 5.97. The molecule has 1 saturated heterocycles. The lowest BCUT2D eigenvalue weighted by Crippen LogP contribution is -2.46. The zero-order valence-corrected chi connectivity index (χ0v) is 25.4. The lowest BCUT2D eigenvalue weighted by atomic mass is 9.87. The maximum atomic E-state index is 13.7. The molecule has 0 aromatic heterocycles. The number of piperidine rings is 1. The topological polar surface area (TPSA) is 107 Å². The monoisotopic (exact) mass is 622 g/mol. The maximum Gasteiger partial charge on any atom is 0.407 e. The summed E-state index contributed by atoms with van der Waals surface area (Å²) < 4.78 is 42.2. The minimum atomic E-state index is -0.971. The van der Waals surface area contributed by atoms with E-state index in [2.05, 4.69) is 0 Å². The van der Waals surface area contributed by atoms with Gasteiger partial charge in [-0.15, -0.1) is 0 Å². The zero-order chi connectivity index (χ0) is 31.6. The molecule has 0 saturated carbocycles. The minimum absolute atomic E-state index is 0.00165. The lowest BCUT2D eigenvalue weighted by molar-refractivity contribution is -0.121. The van der Waals surface area contributed by atoms with Gasteiger partial charge in [-0.1, -0.05) is 30.3 Å². The number of ether oxygens (including phenoxy) is 5. The van der Waals surface area contributed by atoms with E-state index in [1.54, 1.807) is 30.2 Å². The molecule has 0 aliphatic carbocycles. The molecule has 2 unspecified atom stereocenters. The summed E-state index contributed by atoms with van der Waals surface area (Å²) in [5, 5.41) is 9.67. The summed E-state index contributed by atoms with van der Waals surface area (Å²) in [5.74, 6) is 1.05. The predicted octanol–water partition coefficient (Wildman–Crippen LogP) is 5.49. The summed E-state index contributed by atoms with van der Waals surface area (Å²) in [5.41, 5.74) is 2.59. The Morgan fingerprint density at radius 2 is 1.82 bits per heavy atom. The molecule has 5 rings (SSSR count). The maximum absolute atomic E-state index is 13.7. The number of anilines is 1. The van der Waals surface area contributed by atoms with E-state index in [9.17, 15) is 19.1 Å². The molecular weight excluding hydrogens is 583 g/mol. The van der Waals surface area contributed by atoms with E-state index in [1.807, 2.05) is 42.5 Å². The summed E-state index contributed by atoms with van der Waals surface area (Å²) in [7, 11) is 1.63. The SMILES string of the molecule is COCCCN1C(=O)COc2ccc(COC3CN(C(=O)O)CCC3c3ccc(OCCCOc4ccccc4F)cc3)cc21. The van der Waals surface area contributed by atoms with Crippen molar-refractivity contribution in [2.24, 2.45) is 0 Å². The van der Waals surface area contributed by atoms with Crippen molar-refractivity contribution < 1.29 is 42.8 Å². The molecule has 2 atom stereocenters. The fraction of sp³-hybridized carbons (Fsp3) is 0.412. The molecule has 1 fully saturated rings. The van der Waals surface area contributed by atoms with Crippen LogP contribution >= 0.6 is 0 Å². The van der Waals surface area contributed by atoms with Crippen LogP contribution in [-0.4, -0.2) is 81.3 Å². The summed E-state index contributed by atoms with van der Waals surface area (Å²) >= 11 is 0. The number of hydrogen-bond donors (Lipinski definition) is 1. The van der Waals surface area contributed by atoms with Gasteiger partial charge in [-0.05, 0) is 60.4 Å². The van der Waals surface area contributed by atoms with Crippen LogP contribution in [0.25, 0.3) is 0 Å². The third kappa shape index (κ3) is 8.43. The van der Waals surface area contributed by atoms with Gasteiger partial charge in [0.1, 0.15) is 11.5 Å². The summed E-state index contributed by atoms with van der Waals surface area (Å²) in [4.78, 5) is 27.5. The van der Waals surface area contributed by atoms with Crippen LogP contribution in [0.15, 0.2) is 66.7 Å². The van der Waals surface area contributed by atoms with Gasteiger partial charge >= 0.3 is 6.09 Å². The molecule has 0 bridgehead atoms. The predicted molar refractivity (Wildman–Crippen MR) is 165 cm³/mol. The molecule has 3 aromatic rings. The highest BCUT2D eigenvalue weighted by Gasteiger charge is 2.33. The standard InChI is InChI=1S/C34H39FN2O8/c1-41-17-4-15-37-29-20-24(8-13-31(29)45-23-33(37)38)22-44-32-21-36(34(39)40)16-14-27(32)25-9-11-26(12-10-25)42-18-5-19-43-30-7-3-2-6-28(30)35/h2-3,6-13,20,27,32H,4-5,14-19,21-23H2,1H3,(H,39,40). The second kappa shape index (κ2) is 15.6. The summed E-state index contributed by atoms with van der Waals surface area (Å²) in [6.07, 6.45) is 0.563. The first-order valence-electron chi connectivity index (χ1n) is 15.2. The number of carboxylic acid groups (broad SMARTS) is 1.